The Balaban J connectivity index is 3.10. The number of hydrogen-bond donors (Lipinski definition) is 2. The van der Waals surface area contributed by atoms with E-state index in [0.717, 1.165) is 0 Å². The van der Waals surface area contributed by atoms with Crippen molar-refractivity contribution in [2.24, 2.45) is 5.84 Å². The molecule has 1 aromatic carbocycles. The summed E-state index contributed by atoms with van der Waals surface area (Å²) in [7, 11) is 2.97. The minimum Gasteiger partial charge on any atom is -0.494 e. The van der Waals surface area contributed by atoms with E-state index >= 15 is 0 Å². The van der Waals surface area contributed by atoms with Crippen LogP contribution in [0.15, 0.2) is 18.2 Å². The van der Waals surface area contributed by atoms with Crippen molar-refractivity contribution in [2.45, 2.75) is 19.1 Å². The van der Waals surface area contributed by atoms with Gasteiger partial charge in [-0.25, -0.2) is 4.39 Å². The normalized spacial score (nSPS) is 14.6. The summed E-state index contributed by atoms with van der Waals surface area (Å²) in [5.74, 6) is 5.18. The molecule has 0 heterocycles. The standard InChI is InChI=1S/C11H17FN2O2/c1-7(15-2)11(14-13)8-5-4-6-9(16-3)10(8)12/h4-7,11,14H,13H2,1-3H3. The van der Waals surface area contributed by atoms with Gasteiger partial charge in [0.25, 0.3) is 0 Å². The maximum atomic E-state index is 13.9. The Labute approximate surface area is 94.5 Å². The molecule has 0 amide bonds. The lowest BCUT2D eigenvalue weighted by Gasteiger charge is -2.23. The molecule has 4 nitrogen and oxygen atoms in total. The Bertz CT molecular complexity index is 347. The summed E-state index contributed by atoms with van der Waals surface area (Å²) >= 11 is 0. The van der Waals surface area contributed by atoms with Crippen LogP contribution in [0.1, 0.15) is 18.5 Å². The number of nitrogens with two attached hydrogens (primary N) is 1. The fraction of sp³-hybridized carbons (Fsp3) is 0.455. The van der Waals surface area contributed by atoms with Crippen LogP contribution in [0.4, 0.5) is 4.39 Å². The zero-order chi connectivity index (χ0) is 12.1. The maximum absolute atomic E-state index is 13.9. The summed E-state index contributed by atoms with van der Waals surface area (Å²) in [5, 5.41) is 0. The van der Waals surface area contributed by atoms with Crippen molar-refractivity contribution >= 4 is 0 Å². The highest BCUT2D eigenvalue weighted by Crippen LogP contribution is 2.27. The second-order valence-electron chi connectivity index (χ2n) is 3.45. The summed E-state index contributed by atoms with van der Waals surface area (Å²) in [5.41, 5.74) is 2.97. The van der Waals surface area contributed by atoms with E-state index in [0.29, 0.717) is 5.56 Å². The first-order valence-electron chi connectivity index (χ1n) is 4.97. The van der Waals surface area contributed by atoms with Gasteiger partial charge in [-0.2, -0.15) is 0 Å². The lowest BCUT2D eigenvalue weighted by atomic mass is 10.0. The Morgan fingerprint density at radius 3 is 2.56 bits per heavy atom. The van der Waals surface area contributed by atoms with E-state index in [1.807, 2.05) is 6.92 Å². The van der Waals surface area contributed by atoms with Gasteiger partial charge in [-0.05, 0) is 13.0 Å². The summed E-state index contributed by atoms with van der Waals surface area (Å²) in [6, 6.07) is 4.51. The smallest absolute Gasteiger partial charge is 0.169 e. The van der Waals surface area contributed by atoms with Crippen LogP contribution in [0.2, 0.25) is 0 Å². The predicted octanol–water partition coefficient (Wildman–Crippen LogP) is 1.37. The third-order valence-corrected chi connectivity index (χ3v) is 2.57. The molecule has 0 aliphatic heterocycles. The first-order chi connectivity index (χ1) is 7.65. The topological polar surface area (TPSA) is 56.5 Å². The molecule has 0 bridgehead atoms. The summed E-state index contributed by atoms with van der Waals surface area (Å²) < 4.78 is 24.0. The first-order valence-corrected chi connectivity index (χ1v) is 4.97. The zero-order valence-electron chi connectivity index (χ0n) is 9.66. The highest BCUT2D eigenvalue weighted by molar-refractivity contribution is 5.33. The molecule has 16 heavy (non-hydrogen) atoms. The Kier molecular flexibility index (Phi) is 4.67. The molecule has 0 aliphatic carbocycles. The van der Waals surface area contributed by atoms with Crippen LogP contribution < -0.4 is 16.0 Å². The van der Waals surface area contributed by atoms with Gasteiger partial charge in [0, 0.05) is 12.7 Å². The molecule has 0 aliphatic rings. The van der Waals surface area contributed by atoms with Crippen molar-refractivity contribution in [2.75, 3.05) is 14.2 Å². The number of hydrogen-bond acceptors (Lipinski definition) is 4. The van der Waals surface area contributed by atoms with Gasteiger partial charge in [0.15, 0.2) is 11.6 Å². The van der Waals surface area contributed by atoms with Gasteiger partial charge in [-0.1, -0.05) is 12.1 Å². The van der Waals surface area contributed by atoms with Crippen LogP contribution in [0.25, 0.3) is 0 Å². The molecule has 0 saturated carbocycles. The van der Waals surface area contributed by atoms with Gasteiger partial charge >= 0.3 is 0 Å². The molecule has 2 unspecified atom stereocenters. The number of rotatable bonds is 5. The molecule has 0 spiro atoms. The van der Waals surface area contributed by atoms with E-state index < -0.39 is 11.9 Å². The fourth-order valence-corrected chi connectivity index (χ4v) is 1.54. The monoisotopic (exact) mass is 228 g/mol. The fourth-order valence-electron chi connectivity index (χ4n) is 1.54. The van der Waals surface area contributed by atoms with E-state index in [-0.39, 0.29) is 11.9 Å². The van der Waals surface area contributed by atoms with Crippen molar-refractivity contribution in [3.8, 4) is 5.75 Å². The summed E-state index contributed by atoms with van der Waals surface area (Å²) in [6.07, 6.45) is -0.244. The lowest BCUT2D eigenvalue weighted by molar-refractivity contribution is 0.0817. The molecule has 0 radical (unpaired) electrons. The zero-order valence-corrected chi connectivity index (χ0v) is 9.66. The van der Waals surface area contributed by atoms with Crippen LogP contribution >= 0.6 is 0 Å². The molecule has 0 aromatic heterocycles. The molecule has 2 atom stereocenters. The lowest BCUT2D eigenvalue weighted by Crippen LogP contribution is -2.36. The van der Waals surface area contributed by atoms with Gasteiger partial charge in [-0.3, -0.25) is 11.3 Å². The van der Waals surface area contributed by atoms with Gasteiger partial charge < -0.3 is 9.47 Å². The number of ether oxygens (including phenoxy) is 2. The molecule has 90 valence electrons. The van der Waals surface area contributed by atoms with E-state index in [4.69, 9.17) is 15.3 Å². The average molecular weight is 228 g/mol. The molecular weight excluding hydrogens is 211 g/mol. The molecule has 0 fully saturated rings. The summed E-state index contributed by atoms with van der Waals surface area (Å²) in [4.78, 5) is 0. The Morgan fingerprint density at radius 2 is 2.06 bits per heavy atom. The average Bonchev–Trinajstić information content (AvgIpc) is 2.31. The number of nitrogens with one attached hydrogen (secondary N) is 1. The molecule has 1 aromatic rings. The third-order valence-electron chi connectivity index (χ3n) is 2.57. The van der Waals surface area contributed by atoms with E-state index in [2.05, 4.69) is 5.43 Å². The molecule has 5 heteroatoms. The van der Waals surface area contributed by atoms with E-state index in [1.54, 1.807) is 25.3 Å². The number of halogens is 1. The second kappa shape index (κ2) is 5.79. The minimum absolute atomic E-state index is 0.195. The second-order valence-corrected chi connectivity index (χ2v) is 3.45. The maximum Gasteiger partial charge on any atom is 0.169 e. The van der Waals surface area contributed by atoms with Gasteiger partial charge in [-0.15, -0.1) is 0 Å². The highest BCUT2D eigenvalue weighted by Gasteiger charge is 2.22. The van der Waals surface area contributed by atoms with Gasteiger partial charge in [0.05, 0.1) is 19.3 Å². The van der Waals surface area contributed by atoms with Gasteiger partial charge in [0.2, 0.25) is 0 Å². The quantitative estimate of drug-likeness (QED) is 0.590. The highest BCUT2D eigenvalue weighted by atomic mass is 19.1. The number of hydrazine groups is 1. The summed E-state index contributed by atoms with van der Waals surface area (Å²) in [6.45, 7) is 1.81. The van der Waals surface area contributed by atoms with Crippen LogP contribution in [0.5, 0.6) is 5.75 Å². The minimum atomic E-state index is -0.420. The number of benzene rings is 1. The Morgan fingerprint density at radius 1 is 1.38 bits per heavy atom. The van der Waals surface area contributed by atoms with Gasteiger partial charge in [0.1, 0.15) is 0 Å². The van der Waals surface area contributed by atoms with Crippen LogP contribution in [0, 0.1) is 5.82 Å². The van der Waals surface area contributed by atoms with E-state index in [1.165, 1.54) is 7.11 Å². The van der Waals surface area contributed by atoms with Crippen LogP contribution in [-0.2, 0) is 4.74 Å². The molecule has 1 rings (SSSR count). The van der Waals surface area contributed by atoms with Crippen molar-refractivity contribution < 1.29 is 13.9 Å². The Hall–Kier alpha value is -1.17. The van der Waals surface area contributed by atoms with Crippen LogP contribution in [0.3, 0.4) is 0 Å². The van der Waals surface area contributed by atoms with Crippen LogP contribution in [-0.4, -0.2) is 20.3 Å². The van der Waals surface area contributed by atoms with Crippen molar-refractivity contribution in [1.82, 2.24) is 5.43 Å². The van der Waals surface area contributed by atoms with E-state index in [9.17, 15) is 4.39 Å². The SMILES string of the molecule is COc1cccc(C(NN)C(C)OC)c1F. The number of methoxy groups -OCH3 is 2. The molecular formula is C11H17FN2O2. The van der Waals surface area contributed by atoms with Crippen molar-refractivity contribution in [3.05, 3.63) is 29.6 Å². The molecule has 3 N–H and O–H groups in total. The van der Waals surface area contributed by atoms with Crippen molar-refractivity contribution in [1.29, 1.82) is 0 Å². The third kappa shape index (κ3) is 2.49. The predicted molar refractivity (Wildman–Crippen MR) is 59.5 cm³/mol. The largest absolute Gasteiger partial charge is 0.494 e. The first kappa shape index (κ1) is 12.9. The molecule has 0 saturated heterocycles. The van der Waals surface area contributed by atoms with Crippen molar-refractivity contribution in [3.63, 3.8) is 0 Å².